The number of aromatic nitrogens is 4. The molecule has 1 saturated heterocycles. The second-order valence-corrected chi connectivity index (χ2v) is 7.04. The first-order chi connectivity index (χ1) is 13.5. The van der Waals surface area contributed by atoms with Gasteiger partial charge in [0, 0.05) is 48.2 Å². The van der Waals surface area contributed by atoms with E-state index in [0.29, 0.717) is 29.3 Å². The largest absolute Gasteiger partial charge is 0.467 e. The van der Waals surface area contributed by atoms with E-state index in [1.165, 1.54) is 13.2 Å². The summed E-state index contributed by atoms with van der Waals surface area (Å²) in [5.74, 6) is 0.0558. The third kappa shape index (κ3) is 3.66. The Morgan fingerprint density at radius 1 is 1.32 bits per heavy atom. The number of nitrogens with zero attached hydrogens (tertiary/aromatic N) is 5. The Hall–Kier alpha value is -2.68. The van der Waals surface area contributed by atoms with Gasteiger partial charge in [-0.2, -0.15) is 0 Å². The number of hydrogen-bond donors (Lipinski definition) is 0. The number of methoxy groups -OCH3 is 1. The summed E-state index contributed by atoms with van der Waals surface area (Å²) in [5, 5.41) is 4.13. The van der Waals surface area contributed by atoms with Crippen LogP contribution in [0, 0.1) is 6.92 Å². The van der Waals surface area contributed by atoms with Crippen molar-refractivity contribution in [2.75, 3.05) is 20.2 Å². The van der Waals surface area contributed by atoms with Crippen molar-refractivity contribution in [3.05, 3.63) is 41.0 Å². The summed E-state index contributed by atoms with van der Waals surface area (Å²) in [7, 11) is 1.53. The Morgan fingerprint density at radius 2 is 2.11 bits per heavy atom. The molecule has 0 radical (unpaired) electrons. The fourth-order valence-electron chi connectivity index (χ4n) is 3.76. The highest BCUT2D eigenvalue weighted by atomic mass is 19.3. The van der Waals surface area contributed by atoms with E-state index in [4.69, 9.17) is 9.26 Å². The molecule has 4 heterocycles. The first kappa shape index (κ1) is 18.7. The van der Waals surface area contributed by atoms with Gasteiger partial charge in [0.05, 0.1) is 18.2 Å². The molecule has 9 heteroatoms. The molecule has 0 spiro atoms. The number of hydrogen-bond acceptors (Lipinski definition) is 7. The van der Waals surface area contributed by atoms with Crippen LogP contribution in [0.4, 0.5) is 8.78 Å². The molecular weight excluding hydrogens is 368 g/mol. The third-order valence-electron chi connectivity index (χ3n) is 5.10. The highest BCUT2D eigenvalue weighted by Crippen LogP contribution is 2.34. The van der Waals surface area contributed by atoms with Gasteiger partial charge in [-0.25, -0.2) is 23.7 Å². The van der Waals surface area contributed by atoms with E-state index < -0.39 is 6.43 Å². The second kappa shape index (κ2) is 7.75. The molecule has 0 N–H and O–H groups in total. The van der Waals surface area contributed by atoms with Gasteiger partial charge in [-0.15, -0.1) is 0 Å². The number of pyridine rings is 1. The van der Waals surface area contributed by atoms with Crippen LogP contribution in [0.1, 0.15) is 47.7 Å². The van der Waals surface area contributed by atoms with Gasteiger partial charge in [-0.1, -0.05) is 5.16 Å². The first-order valence-electron chi connectivity index (χ1n) is 9.17. The summed E-state index contributed by atoms with van der Waals surface area (Å²) >= 11 is 0. The minimum Gasteiger partial charge on any atom is -0.467 e. The number of ether oxygens (including phenoxy) is 1. The molecule has 0 aromatic carbocycles. The zero-order valence-electron chi connectivity index (χ0n) is 15.7. The lowest BCUT2D eigenvalue weighted by molar-refractivity contribution is 0.152. The zero-order chi connectivity index (χ0) is 19.7. The number of rotatable bonds is 5. The van der Waals surface area contributed by atoms with Crippen molar-refractivity contribution in [2.45, 2.75) is 38.7 Å². The number of alkyl halides is 2. The third-order valence-corrected chi connectivity index (χ3v) is 5.10. The summed E-state index contributed by atoms with van der Waals surface area (Å²) in [6, 6.07) is 1.85. The SMILES string of the molecule is COc1ncc(CN2CCC[C@H](c3cc(C(F)F)c4c(C)noc4n3)C2)cn1. The molecule has 0 bridgehead atoms. The summed E-state index contributed by atoms with van der Waals surface area (Å²) in [6.45, 7) is 3.98. The molecule has 1 aliphatic rings. The van der Waals surface area contributed by atoms with Gasteiger partial charge >= 0.3 is 6.01 Å². The van der Waals surface area contributed by atoms with Crippen molar-refractivity contribution in [2.24, 2.45) is 0 Å². The van der Waals surface area contributed by atoms with E-state index in [9.17, 15) is 8.78 Å². The first-order valence-corrected chi connectivity index (χ1v) is 9.17. The van der Waals surface area contributed by atoms with Crippen molar-refractivity contribution < 1.29 is 18.0 Å². The lowest BCUT2D eigenvalue weighted by Gasteiger charge is -2.32. The van der Waals surface area contributed by atoms with Crippen LogP contribution in [-0.2, 0) is 6.54 Å². The molecule has 3 aromatic rings. The quantitative estimate of drug-likeness (QED) is 0.659. The number of piperidine rings is 1. The molecule has 7 nitrogen and oxygen atoms in total. The Balaban J connectivity index is 1.55. The van der Waals surface area contributed by atoms with Gasteiger partial charge in [-0.05, 0) is 32.4 Å². The Bertz CT molecular complexity index is 961. The maximum Gasteiger partial charge on any atom is 0.316 e. The van der Waals surface area contributed by atoms with E-state index in [-0.39, 0.29) is 17.2 Å². The molecule has 4 rings (SSSR count). The monoisotopic (exact) mass is 389 g/mol. The second-order valence-electron chi connectivity index (χ2n) is 7.04. The predicted molar refractivity (Wildman–Crippen MR) is 97.3 cm³/mol. The molecule has 0 saturated carbocycles. The van der Waals surface area contributed by atoms with Crippen molar-refractivity contribution in [3.8, 4) is 6.01 Å². The summed E-state index contributed by atoms with van der Waals surface area (Å²) in [4.78, 5) is 15.0. The van der Waals surface area contributed by atoms with Crippen LogP contribution in [0.25, 0.3) is 11.1 Å². The molecular formula is C19H21F2N5O2. The fourth-order valence-corrected chi connectivity index (χ4v) is 3.76. The summed E-state index contributed by atoms with van der Waals surface area (Å²) in [5.41, 5.74) is 2.18. The molecule has 0 aliphatic carbocycles. The highest BCUT2D eigenvalue weighted by molar-refractivity contribution is 5.80. The maximum atomic E-state index is 13.6. The van der Waals surface area contributed by atoms with Crippen molar-refractivity contribution >= 4 is 11.1 Å². The van der Waals surface area contributed by atoms with Crippen LogP contribution in [0.2, 0.25) is 0 Å². The standard InChI is InChI=1S/C19H21F2N5O2/c1-11-16-14(17(20)21)6-15(24-18(16)28-25-11)13-4-3-5-26(10-13)9-12-7-22-19(27-2)23-8-12/h6-8,13,17H,3-5,9-10H2,1-2H3/t13-/m0/s1. The lowest BCUT2D eigenvalue weighted by atomic mass is 9.92. The van der Waals surface area contributed by atoms with E-state index in [1.807, 2.05) is 0 Å². The van der Waals surface area contributed by atoms with Crippen molar-refractivity contribution in [1.82, 2.24) is 25.0 Å². The predicted octanol–water partition coefficient (Wildman–Crippen LogP) is 3.65. The van der Waals surface area contributed by atoms with Gasteiger partial charge < -0.3 is 9.26 Å². The zero-order valence-corrected chi connectivity index (χ0v) is 15.7. The normalized spacial score (nSPS) is 18.1. The molecule has 1 fully saturated rings. The minimum atomic E-state index is -2.60. The van der Waals surface area contributed by atoms with Crippen LogP contribution in [0.15, 0.2) is 23.0 Å². The summed E-state index contributed by atoms with van der Waals surface area (Å²) in [6.07, 6.45) is 2.74. The van der Waals surface area contributed by atoms with Crippen LogP contribution < -0.4 is 4.74 Å². The minimum absolute atomic E-state index is 0.0558. The molecule has 0 amide bonds. The van der Waals surface area contributed by atoms with E-state index in [0.717, 1.165) is 31.5 Å². The van der Waals surface area contributed by atoms with E-state index in [1.54, 1.807) is 19.3 Å². The van der Waals surface area contributed by atoms with Crippen molar-refractivity contribution in [3.63, 3.8) is 0 Å². The van der Waals surface area contributed by atoms with Crippen LogP contribution in [0.3, 0.4) is 0 Å². The number of likely N-dealkylation sites (tertiary alicyclic amines) is 1. The molecule has 28 heavy (non-hydrogen) atoms. The molecule has 3 aromatic heterocycles. The van der Waals surface area contributed by atoms with Crippen molar-refractivity contribution in [1.29, 1.82) is 0 Å². The number of aryl methyl sites for hydroxylation is 1. The lowest BCUT2D eigenvalue weighted by Crippen LogP contribution is -2.34. The van der Waals surface area contributed by atoms with Gasteiger partial charge in [0.2, 0.25) is 0 Å². The summed E-state index contributed by atoms with van der Waals surface area (Å²) < 4.78 is 37.4. The molecule has 1 aliphatic heterocycles. The van der Waals surface area contributed by atoms with Crippen LogP contribution in [0.5, 0.6) is 6.01 Å². The molecule has 1 atom stereocenters. The van der Waals surface area contributed by atoms with Gasteiger partial charge in [0.25, 0.3) is 12.1 Å². The van der Waals surface area contributed by atoms with Crippen LogP contribution >= 0.6 is 0 Å². The van der Waals surface area contributed by atoms with E-state index in [2.05, 4.69) is 25.0 Å². The van der Waals surface area contributed by atoms with Crippen LogP contribution in [-0.4, -0.2) is 45.2 Å². The Labute approximate surface area is 160 Å². The molecule has 148 valence electrons. The van der Waals surface area contributed by atoms with E-state index >= 15 is 0 Å². The smallest absolute Gasteiger partial charge is 0.316 e. The average molecular weight is 389 g/mol. The average Bonchev–Trinajstić information content (AvgIpc) is 3.09. The molecule has 0 unspecified atom stereocenters. The number of halogens is 2. The van der Waals surface area contributed by atoms with Gasteiger partial charge in [-0.3, -0.25) is 4.90 Å². The fraction of sp³-hybridized carbons (Fsp3) is 0.474. The van der Waals surface area contributed by atoms with Gasteiger partial charge in [0.15, 0.2) is 0 Å². The Kier molecular flexibility index (Phi) is 5.17. The Morgan fingerprint density at radius 3 is 2.82 bits per heavy atom. The maximum absolute atomic E-state index is 13.6. The van der Waals surface area contributed by atoms with Gasteiger partial charge in [0.1, 0.15) is 0 Å². The topological polar surface area (TPSA) is 77.2 Å². The highest BCUT2D eigenvalue weighted by Gasteiger charge is 2.26. The number of fused-ring (bicyclic) bond motifs is 1.